The molecule has 21 heavy (non-hydrogen) atoms. The van der Waals surface area contributed by atoms with E-state index in [1.165, 1.54) is 31.2 Å². The van der Waals surface area contributed by atoms with Crippen molar-refractivity contribution in [2.75, 3.05) is 13.7 Å². The molecule has 0 atom stereocenters. The summed E-state index contributed by atoms with van der Waals surface area (Å²) in [5.74, 6) is 0.742. The predicted octanol–water partition coefficient (Wildman–Crippen LogP) is 1.17. The van der Waals surface area contributed by atoms with Gasteiger partial charge in [-0.1, -0.05) is 0 Å². The van der Waals surface area contributed by atoms with Crippen molar-refractivity contribution in [3.05, 3.63) is 21.3 Å². The Kier molecular flexibility index (Phi) is 6.10. The minimum atomic E-state index is -0.494. The van der Waals surface area contributed by atoms with Crippen molar-refractivity contribution in [2.45, 2.75) is 38.3 Å². The number of methoxy groups -OCH3 is 1. The Morgan fingerprint density at radius 3 is 2.76 bits per heavy atom. The van der Waals surface area contributed by atoms with Crippen LogP contribution in [0.2, 0.25) is 0 Å². The quantitative estimate of drug-likeness (QED) is 0.669. The average Bonchev–Trinajstić information content (AvgIpc) is 2.96. The average molecular weight is 405 g/mol. The maximum Gasteiger partial charge on any atom is 0.255 e. The largest absolute Gasteiger partial charge is 0.493 e. The van der Waals surface area contributed by atoms with E-state index < -0.39 is 5.91 Å². The van der Waals surface area contributed by atoms with Gasteiger partial charge >= 0.3 is 0 Å². The van der Waals surface area contributed by atoms with Crippen LogP contribution in [0.15, 0.2) is 12.1 Å². The van der Waals surface area contributed by atoms with Crippen LogP contribution in [0.3, 0.4) is 0 Å². The van der Waals surface area contributed by atoms with Crippen molar-refractivity contribution in [1.29, 1.82) is 0 Å². The molecule has 0 spiro atoms. The molecule has 1 fully saturated rings. The van der Waals surface area contributed by atoms with E-state index in [1.807, 2.05) is 6.07 Å². The molecule has 4 N–H and O–H groups in total. The van der Waals surface area contributed by atoms with Gasteiger partial charge in [-0.3, -0.25) is 4.79 Å². The van der Waals surface area contributed by atoms with Crippen molar-refractivity contribution in [2.24, 2.45) is 5.73 Å². The predicted molar refractivity (Wildman–Crippen MR) is 88.3 cm³/mol. The molecule has 1 aliphatic carbocycles. The topological polar surface area (TPSA) is 78.2 Å². The van der Waals surface area contributed by atoms with Gasteiger partial charge in [-0.25, -0.2) is 0 Å². The minimum absolute atomic E-state index is 0.139. The SMILES string of the molecule is COc1cc(C[NH2+]C2CCCC2)cc(I)c1OCC(N)=O. The highest BCUT2D eigenvalue weighted by Gasteiger charge is 2.19. The molecule has 2 rings (SSSR count). The van der Waals surface area contributed by atoms with Gasteiger partial charge in [0.15, 0.2) is 18.1 Å². The first-order chi connectivity index (χ1) is 10.1. The summed E-state index contributed by atoms with van der Waals surface area (Å²) in [4.78, 5) is 10.8. The lowest BCUT2D eigenvalue weighted by Gasteiger charge is -2.14. The normalized spacial score (nSPS) is 15.1. The zero-order chi connectivity index (χ0) is 15.2. The summed E-state index contributed by atoms with van der Waals surface area (Å²) in [6, 6.07) is 4.80. The summed E-state index contributed by atoms with van der Waals surface area (Å²) < 4.78 is 11.7. The van der Waals surface area contributed by atoms with Crippen LogP contribution in [-0.2, 0) is 11.3 Å². The third kappa shape index (κ3) is 4.74. The number of hydrogen-bond acceptors (Lipinski definition) is 3. The number of rotatable bonds is 7. The van der Waals surface area contributed by atoms with Gasteiger partial charge in [0.25, 0.3) is 5.91 Å². The van der Waals surface area contributed by atoms with E-state index in [1.54, 1.807) is 7.11 Å². The van der Waals surface area contributed by atoms with Gasteiger partial charge in [-0.15, -0.1) is 0 Å². The molecular weight excluding hydrogens is 383 g/mol. The lowest BCUT2D eigenvalue weighted by Crippen LogP contribution is -2.87. The van der Waals surface area contributed by atoms with Crippen molar-refractivity contribution in [1.82, 2.24) is 0 Å². The Morgan fingerprint density at radius 2 is 2.14 bits per heavy atom. The smallest absolute Gasteiger partial charge is 0.255 e. The number of hydrogen-bond donors (Lipinski definition) is 2. The summed E-state index contributed by atoms with van der Waals surface area (Å²) >= 11 is 2.20. The monoisotopic (exact) mass is 405 g/mol. The molecule has 0 saturated heterocycles. The third-order valence-electron chi connectivity index (χ3n) is 3.73. The number of amides is 1. The van der Waals surface area contributed by atoms with Crippen LogP contribution in [0.4, 0.5) is 0 Å². The molecule has 1 saturated carbocycles. The standard InChI is InChI=1S/C15H21IN2O3/c1-20-13-7-10(8-18-11-4-2-3-5-11)6-12(16)15(13)21-9-14(17)19/h6-7,11,18H,2-5,8-9H2,1H3,(H2,17,19)/p+1. The Morgan fingerprint density at radius 1 is 1.43 bits per heavy atom. The molecule has 116 valence electrons. The number of quaternary nitrogens is 1. The number of nitrogens with two attached hydrogens (primary N) is 2. The van der Waals surface area contributed by atoms with Gasteiger partial charge < -0.3 is 20.5 Å². The second-order valence-corrected chi connectivity index (χ2v) is 6.51. The van der Waals surface area contributed by atoms with Crippen LogP contribution >= 0.6 is 22.6 Å². The van der Waals surface area contributed by atoms with Gasteiger partial charge in [0.1, 0.15) is 6.54 Å². The van der Waals surface area contributed by atoms with E-state index in [2.05, 4.69) is 34.0 Å². The highest BCUT2D eigenvalue weighted by molar-refractivity contribution is 14.1. The first-order valence-electron chi connectivity index (χ1n) is 7.21. The highest BCUT2D eigenvalue weighted by atomic mass is 127. The van der Waals surface area contributed by atoms with Crippen molar-refractivity contribution < 1.29 is 19.6 Å². The maximum atomic E-state index is 10.8. The van der Waals surface area contributed by atoms with Gasteiger partial charge in [0, 0.05) is 5.56 Å². The minimum Gasteiger partial charge on any atom is -0.493 e. The molecule has 5 nitrogen and oxygen atoms in total. The van der Waals surface area contributed by atoms with Crippen molar-refractivity contribution >= 4 is 28.5 Å². The molecule has 0 aliphatic heterocycles. The summed E-state index contributed by atoms with van der Waals surface area (Å²) in [5.41, 5.74) is 6.32. The molecule has 0 radical (unpaired) electrons. The maximum absolute atomic E-state index is 10.8. The van der Waals surface area contributed by atoms with Gasteiger partial charge in [-0.2, -0.15) is 0 Å². The van der Waals surface area contributed by atoms with Crippen LogP contribution in [0.5, 0.6) is 11.5 Å². The Bertz CT molecular complexity index is 502. The first kappa shape index (κ1) is 16.4. The summed E-state index contributed by atoms with van der Waals surface area (Å²) in [7, 11) is 1.60. The van der Waals surface area contributed by atoms with Crippen LogP contribution in [0, 0.1) is 3.57 Å². The molecule has 1 amide bonds. The lowest BCUT2D eigenvalue weighted by atomic mass is 10.1. The number of carbonyl (C=O) groups excluding carboxylic acids is 1. The molecule has 0 heterocycles. The zero-order valence-electron chi connectivity index (χ0n) is 12.2. The summed E-state index contributed by atoms with van der Waals surface area (Å²) in [5, 5.41) is 2.40. The van der Waals surface area contributed by atoms with Crippen molar-refractivity contribution in [3.8, 4) is 11.5 Å². The molecule has 6 heteroatoms. The number of carbonyl (C=O) groups is 1. The van der Waals surface area contributed by atoms with Crippen molar-refractivity contribution in [3.63, 3.8) is 0 Å². The molecule has 1 aliphatic rings. The van der Waals surface area contributed by atoms with E-state index in [0.29, 0.717) is 11.5 Å². The van der Waals surface area contributed by atoms with E-state index in [-0.39, 0.29) is 6.61 Å². The fourth-order valence-corrected chi connectivity index (χ4v) is 3.49. The zero-order valence-corrected chi connectivity index (χ0v) is 14.4. The Labute approximate surface area is 138 Å². The fraction of sp³-hybridized carbons (Fsp3) is 0.533. The van der Waals surface area contributed by atoms with E-state index in [9.17, 15) is 4.79 Å². The lowest BCUT2D eigenvalue weighted by molar-refractivity contribution is -0.703. The number of halogens is 1. The highest BCUT2D eigenvalue weighted by Crippen LogP contribution is 2.33. The van der Waals surface area contributed by atoms with Crippen LogP contribution in [-0.4, -0.2) is 25.7 Å². The fourth-order valence-electron chi connectivity index (χ4n) is 2.67. The second-order valence-electron chi connectivity index (χ2n) is 5.35. The third-order valence-corrected chi connectivity index (χ3v) is 4.54. The number of ether oxygens (including phenoxy) is 2. The Hall–Kier alpha value is -1.02. The van der Waals surface area contributed by atoms with E-state index in [4.69, 9.17) is 15.2 Å². The van der Waals surface area contributed by atoms with Gasteiger partial charge in [-0.05, 0) is 60.4 Å². The van der Waals surface area contributed by atoms with Crippen LogP contribution < -0.4 is 20.5 Å². The number of primary amides is 1. The second kappa shape index (κ2) is 7.84. The van der Waals surface area contributed by atoms with E-state index in [0.717, 1.165) is 16.2 Å². The molecule has 1 aromatic rings. The van der Waals surface area contributed by atoms with Crippen LogP contribution in [0.25, 0.3) is 0 Å². The van der Waals surface area contributed by atoms with Gasteiger partial charge in [0.05, 0.1) is 16.7 Å². The number of benzene rings is 1. The molecule has 1 aromatic carbocycles. The van der Waals surface area contributed by atoms with Gasteiger partial charge in [0.2, 0.25) is 0 Å². The summed E-state index contributed by atoms with van der Waals surface area (Å²) in [6.07, 6.45) is 5.33. The Balaban J connectivity index is 2.05. The molecule has 0 aromatic heterocycles. The van der Waals surface area contributed by atoms with E-state index >= 15 is 0 Å². The van der Waals surface area contributed by atoms with Crippen LogP contribution in [0.1, 0.15) is 31.2 Å². The molecule has 0 bridgehead atoms. The molecule has 0 unspecified atom stereocenters. The summed E-state index contributed by atoms with van der Waals surface area (Å²) in [6.45, 7) is 0.799. The molecular formula is C15H22IN2O3+. The first-order valence-corrected chi connectivity index (χ1v) is 8.29.